The van der Waals surface area contributed by atoms with Gasteiger partial charge < -0.3 is 5.11 Å². The Bertz CT molecular complexity index is 277. The number of nitrogens with zero attached hydrogens (tertiary/aromatic N) is 2. The Morgan fingerprint density at radius 1 is 1.64 bits per heavy atom. The van der Waals surface area contributed by atoms with Gasteiger partial charge in [0.15, 0.2) is 0 Å². The van der Waals surface area contributed by atoms with Crippen molar-refractivity contribution in [2.75, 3.05) is 0 Å². The molecule has 2 rings (SSSR count). The van der Waals surface area contributed by atoms with E-state index in [0.29, 0.717) is 0 Å². The van der Waals surface area contributed by atoms with Gasteiger partial charge in [-0.3, -0.25) is 4.68 Å². The zero-order valence-corrected chi connectivity index (χ0v) is 6.67. The number of aryl methyl sites for hydroxylation is 1. The fourth-order valence-corrected chi connectivity index (χ4v) is 1.69. The molecule has 3 nitrogen and oxygen atoms in total. The second-order valence-corrected chi connectivity index (χ2v) is 3.00. The zero-order chi connectivity index (χ0) is 7.84. The SMILES string of the molecule is Cc1c(CO)nn2c1CCC2. The van der Waals surface area contributed by atoms with Gasteiger partial charge in [-0.1, -0.05) is 0 Å². The zero-order valence-electron chi connectivity index (χ0n) is 6.67. The Labute approximate surface area is 65.7 Å². The van der Waals surface area contributed by atoms with Crippen molar-refractivity contribution in [1.29, 1.82) is 0 Å². The van der Waals surface area contributed by atoms with Crippen LogP contribution in [0.2, 0.25) is 0 Å². The molecule has 0 radical (unpaired) electrons. The fourth-order valence-electron chi connectivity index (χ4n) is 1.69. The molecule has 0 saturated heterocycles. The third-order valence-corrected chi connectivity index (χ3v) is 2.35. The third kappa shape index (κ3) is 0.878. The maximum absolute atomic E-state index is 8.90. The first-order valence-corrected chi connectivity index (χ1v) is 3.99. The molecule has 11 heavy (non-hydrogen) atoms. The van der Waals surface area contributed by atoms with Gasteiger partial charge in [-0.2, -0.15) is 5.10 Å². The van der Waals surface area contributed by atoms with E-state index in [0.717, 1.165) is 18.7 Å². The van der Waals surface area contributed by atoms with Crippen LogP contribution in [0.1, 0.15) is 23.4 Å². The third-order valence-electron chi connectivity index (χ3n) is 2.35. The van der Waals surface area contributed by atoms with Crippen LogP contribution in [0.4, 0.5) is 0 Å². The normalized spacial score (nSPS) is 15.5. The standard InChI is InChI=1S/C8H12N2O/c1-6-7(5-11)9-10-4-2-3-8(6)10/h11H,2-5H2,1H3. The summed E-state index contributed by atoms with van der Waals surface area (Å²) >= 11 is 0. The van der Waals surface area contributed by atoms with Crippen LogP contribution in [0.25, 0.3) is 0 Å². The highest BCUT2D eigenvalue weighted by Gasteiger charge is 2.17. The van der Waals surface area contributed by atoms with Crippen molar-refractivity contribution in [3.05, 3.63) is 17.0 Å². The first-order chi connectivity index (χ1) is 5.33. The van der Waals surface area contributed by atoms with Crippen LogP contribution in [-0.4, -0.2) is 14.9 Å². The summed E-state index contributed by atoms with van der Waals surface area (Å²) in [4.78, 5) is 0. The van der Waals surface area contributed by atoms with Crippen LogP contribution in [0.15, 0.2) is 0 Å². The number of fused-ring (bicyclic) bond motifs is 1. The molecule has 1 aromatic heterocycles. The monoisotopic (exact) mass is 152 g/mol. The van der Waals surface area contributed by atoms with Crippen molar-refractivity contribution in [2.45, 2.75) is 32.9 Å². The number of aliphatic hydroxyl groups is 1. The first-order valence-electron chi connectivity index (χ1n) is 3.99. The average molecular weight is 152 g/mol. The van der Waals surface area contributed by atoms with Crippen LogP contribution in [0, 0.1) is 6.92 Å². The van der Waals surface area contributed by atoms with Gasteiger partial charge >= 0.3 is 0 Å². The van der Waals surface area contributed by atoms with E-state index in [9.17, 15) is 0 Å². The minimum Gasteiger partial charge on any atom is -0.390 e. The van der Waals surface area contributed by atoms with E-state index < -0.39 is 0 Å². The second kappa shape index (κ2) is 2.34. The molecule has 0 atom stereocenters. The van der Waals surface area contributed by atoms with Crippen molar-refractivity contribution in [2.24, 2.45) is 0 Å². The molecule has 0 bridgehead atoms. The van der Waals surface area contributed by atoms with Gasteiger partial charge in [0.1, 0.15) is 0 Å². The topological polar surface area (TPSA) is 38.1 Å². The van der Waals surface area contributed by atoms with Crippen LogP contribution >= 0.6 is 0 Å². The number of rotatable bonds is 1. The number of hydrogen-bond acceptors (Lipinski definition) is 2. The summed E-state index contributed by atoms with van der Waals surface area (Å²) in [5.41, 5.74) is 3.35. The van der Waals surface area contributed by atoms with Crippen molar-refractivity contribution in [3.8, 4) is 0 Å². The maximum Gasteiger partial charge on any atom is 0.0910 e. The highest BCUT2D eigenvalue weighted by atomic mass is 16.3. The Morgan fingerprint density at radius 2 is 2.45 bits per heavy atom. The summed E-state index contributed by atoms with van der Waals surface area (Å²) in [6.07, 6.45) is 2.33. The van der Waals surface area contributed by atoms with E-state index in [-0.39, 0.29) is 6.61 Å². The summed E-state index contributed by atoms with van der Waals surface area (Å²) in [5.74, 6) is 0. The van der Waals surface area contributed by atoms with E-state index in [1.807, 2.05) is 11.6 Å². The molecule has 0 amide bonds. The summed E-state index contributed by atoms with van der Waals surface area (Å²) in [6.45, 7) is 3.14. The van der Waals surface area contributed by atoms with Crippen LogP contribution in [0.5, 0.6) is 0 Å². The van der Waals surface area contributed by atoms with Gasteiger partial charge in [0, 0.05) is 12.2 Å². The lowest BCUT2D eigenvalue weighted by molar-refractivity contribution is 0.274. The Morgan fingerprint density at radius 3 is 3.09 bits per heavy atom. The molecule has 0 unspecified atom stereocenters. The number of aromatic nitrogens is 2. The Balaban J connectivity index is 2.49. The average Bonchev–Trinajstić information content (AvgIpc) is 2.53. The van der Waals surface area contributed by atoms with Crippen molar-refractivity contribution in [1.82, 2.24) is 9.78 Å². The molecule has 1 aliphatic rings. The lowest BCUT2D eigenvalue weighted by Gasteiger charge is -1.91. The van der Waals surface area contributed by atoms with E-state index in [1.165, 1.54) is 17.7 Å². The van der Waals surface area contributed by atoms with Crippen LogP contribution < -0.4 is 0 Å². The summed E-state index contributed by atoms with van der Waals surface area (Å²) < 4.78 is 2.01. The smallest absolute Gasteiger partial charge is 0.0910 e. The van der Waals surface area contributed by atoms with Gasteiger partial charge in [-0.05, 0) is 25.3 Å². The lowest BCUT2D eigenvalue weighted by atomic mass is 10.1. The molecular formula is C8H12N2O. The van der Waals surface area contributed by atoms with Crippen LogP contribution in [0.3, 0.4) is 0 Å². The molecule has 1 aliphatic heterocycles. The van der Waals surface area contributed by atoms with Crippen LogP contribution in [-0.2, 0) is 19.6 Å². The second-order valence-electron chi connectivity index (χ2n) is 3.00. The highest BCUT2D eigenvalue weighted by Crippen LogP contribution is 2.20. The van der Waals surface area contributed by atoms with Crippen molar-refractivity contribution < 1.29 is 5.11 Å². The molecule has 2 heterocycles. The van der Waals surface area contributed by atoms with Gasteiger partial charge in [-0.15, -0.1) is 0 Å². The predicted octanol–water partition coefficient (Wildman–Crippen LogP) is 0.630. The predicted molar refractivity (Wildman–Crippen MR) is 41.2 cm³/mol. The van der Waals surface area contributed by atoms with E-state index in [2.05, 4.69) is 5.10 Å². The molecule has 0 fully saturated rings. The first kappa shape index (κ1) is 6.85. The molecule has 1 aromatic rings. The van der Waals surface area contributed by atoms with Crippen molar-refractivity contribution in [3.63, 3.8) is 0 Å². The lowest BCUT2D eigenvalue weighted by Crippen LogP contribution is -1.95. The summed E-state index contributed by atoms with van der Waals surface area (Å²) in [5, 5.41) is 13.2. The van der Waals surface area contributed by atoms with Gasteiger partial charge in [0.2, 0.25) is 0 Å². The summed E-state index contributed by atoms with van der Waals surface area (Å²) in [6, 6.07) is 0. The van der Waals surface area contributed by atoms with E-state index in [4.69, 9.17) is 5.11 Å². The molecule has 0 spiro atoms. The molecule has 0 aliphatic carbocycles. The minimum absolute atomic E-state index is 0.0752. The minimum atomic E-state index is 0.0752. The molecule has 60 valence electrons. The Hall–Kier alpha value is -0.830. The van der Waals surface area contributed by atoms with Gasteiger partial charge in [0.05, 0.1) is 12.3 Å². The largest absolute Gasteiger partial charge is 0.390 e. The summed E-state index contributed by atoms with van der Waals surface area (Å²) in [7, 11) is 0. The Kier molecular flexibility index (Phi) is 1.46. The molecule has 1 N–H and O–H groups in total. The molecule has 0 aromatic carbocycles. The molecule has 3 heteroatoms. The van der Waals surface area contributed by atoms with Gasteiger partial charge in [-0.25, -0.2) is 0 Å². The highest BCUT2D eigenvalue weighted by molar-refractivity contribution is 5.25. The maximum atomic E-state index is 8.90. The van der Waals surface area contributed by atoms with Crippen molar-refractivity contribution >= 4 is 0 Å². The van der Waals surface area contributed by atoms with E-state index in [1.54, 1.807) is 0 Å². The molecule has 0 saturated carbocycles. The fraction of sp³-hybridized carbons (Fsp3) is 0.625. The van der Waals surface area contributed by atoms with Gasteiger partial charge in [0.25, 0.3) is 0 Å². The quantitative estimate of drug-likeness (QED) is 0.641. The number of aliphatic hydroxyl groups excluding tert-OH is 1. The molecular weight excluding hydrogens is 140 g/mol. The number of hydrogen-bond donors (Lipinski definition) is 1. The van der Waals surface area contributed by atoms with E-state index >= 15 is 0 Å².